The van der Waals surface area contributed by atoms with Gasteiger partial charge < -0.3 is 5.32 Å². The van der Waals surface area contributed by atoms with Crippen LogP contribution in [0.5, 0.6) is 0 Å². The maximum absolute atomic E-state index is 12.3. The van der Waals surface area contributed by atoms with Crippen molar-refractivity contribution in [2.45, 2.75) is 44.9 Å². The Morgan fingerprint density at radius 1 is 1.40 bits per heavy atom. The molecule has 1 N–H and O–H groups in total. The van der Waals surface area contributed by atoms with E-state index in [1.165, 1.54) is 4.90 Å². The van der Waals surface area contributed by atoms with Gasteiger partial charge in [0.05, 0.1) is 6.54 Å². The summed E-state index contributed by atoms with van der Waals surface area (Å²) in [7, 11) is 0. The van der Waals surface area contributed by atoms with Gasteiger partial charge in [0, 0.05) is 18.6 Å². The number of halogens is 3. The first kappa shape index (κ1) is 12.8. The summed E-state index contributed by atoms with van der Waals surface area (Å²) < 4.78 is 36.8. The molecule has 0 amide bonds. The molecule has 1 fully saturated rings. The largest absolute Gasteiger partial charge is 0.401 e. The van der Waals surface area contributed by atoms with E-state index in [1.54, 1.807) is 13.8 Å². The monoisotopic (exact) mass is 224 g/mol. The quantitative estimate of drug-likeness (QED) is 0.786. The molecule has 1 aliphatic rings. The molecular weight excluding hydrogens is 205 g/mol. The summed E-state index contributed by atoms with van der Waals surface area (Å²) in [6, 6.07) is 0.170. The molecule has 0 spiro atoms. The zero-order valence-corrected chi connectivity index (χ0v) is 9.27. The fourth-order valence-corrected chi connectivity index (χ4v) is 1.88. The van der Waals surface area contributed by atoms with Crippen LogP contribution in [-0.4, -0.2) is 42.8 Å². The normalized spacial score (nSPS) is 23.0. The highest BCUT2D eigenvalue weighted by molar-refractivity contribution is 4.80. The van der Waals surface area contributed by atoms with E-state index in [0.29, 0.717) is 6.54 Å². The molecule has 0 unspecified atom stereocenters. The molecule has 0 aromatic heterocycles. The number of hydrogen-bond donors (Lipinski definition) is 1. The number of hydrogen-bond acceptors (Lipinski definition) is 2. The fourth-order valence-electron chi connectivity index (χ4n) is 1.88. The molecule has 90 valence electrons. The van der Waals surface area contributed by atoms with Gasteiger partial charge in [0.2, 0.25) is 0 Å². The predicted molar refractivity (Wildman–Crippen MR) is 53.8 cm³/mol. The molecule has 15 heavy (non-hydrogen) atoms. The third kappa shape index (κ3) is 4.84. The summed E-state index contributed by atoms with van der Waals surface area (Å²) in [5.41, 5.74) is 0. The van der Waals surface area contributed by atoms with Crippen molar-refractivity contribution in [3.63, 3.8) is 0 Å². The van der Waals surface area contributed by atoms with Crippen molar-refractivity contribution in [1.29, 1.82) is 0 Å². The smallest absolute Gasteiger partial charge is 0.313 e. The van der Waals surface area contributed by atoms with Crippen LogP contribution in [0.4, 0.5) is 13.2 Å². The second kappa shape index (κ2) is 5.16. The zero-order chi connectivity index (χ0) is 11.5. The standard InChI is InChI=1S/C10H19F3N2/c1-8(2)15(7-10(11,12)13)6-9-4-3-5-14-9/h8-9,14H,3-7H2,1-2H3/t9-/m1/s1. The second-order valence-corrected chi connectivity index (χ2v) is 4.43. The molecule has 1 aliphatic heterocycles. The van der Waals surface area contributed by atoms with E-state index < -0.39 is 12.7 Å². The second-order valence-electron chi connectivity index (χ2n) is 4.43. The van der Waals surface area contributed by atoms with Crippen molar-refractivity contribution in [2.24, 2.45) is 0 Å². The van der Waals surface area contributed by atoms with Crippen LogP contribution in [0.25, 0.3) is 0 Å². The molecule has 1 heterocycles. The first-order chi connectivity index (χ1) is 6.88. The Labute approximate surface area is 88.8 Å². The molecule has 0 aromatic carbocycles. The lowest BCUT2D eigenvalue weighted by molar-refractivity contribution is -0.150. The first-order valence-corrected chi connectivity index (χ1v) is 5.42. The maximum atomic E-state index is 12.3. The number of nitrogens with one attached hydrogen (secondary N) is 1. The Morgan fingerprint density at radius 3 is 2.47 bits per heavy atom. The van der Waals surface area contributed by atoms with Crippen molar-refractivity contribution in [3.05, 3.63) is 0 Å². The van der Waals surface area contributed by atoms with Gasteiger partial charge in [0.1, 0.15) is 0 Å². The lowest BCUT2D eigenvalue weighted by Gasteiger charge is -2.29. The van der Waals surface area contributed by atoms with Gasteiger partial charge in [-0.15, -0.1) is 0 Å². The van der Waals surface area contributed by atoms with Crippen molar-refractivity contribution in [3.8, 4) is 0 Å². The Hall–Kier alpha value is -0.290. The van der Waals surface area contributed by atoms with Gasteiger partial charge in [0.15, 0.2) is 0 Å². The van der Waals surface area contributed by atoms with Crippen LogP contribution in [0, 0.1) is 0 Å². The molecule has 1 saturated heterocycles. The van der Waals surface area contributed by atoms with Gasteiger partial charge in [-0.3, -0.25) is 4.90 Å². The van der Waals surface area contributed by atoms with Gasteiger partial charge in [-0.2, -0.15) is 13.2 Å². The Bertz CT molecular complexity index is 186. The summed E-state index contributed by atoms with van der Waals surface area (Å²) in [5.74, 6) is 0. The van der Waals surface area contributed by atoms with E-state index >= 15 is 0 Å². The molecule has 0 bridgehead atoms. The molecule has 5 heteroatoms. The average molecular weight is 224 g/mol. The lowest BCUT2D eigenvalue weighted by Crippen LogP contribution is -2.45. The van der Waals surface area contributed by atoms with Crippen LogP contribution in [0.2, 0.25) is 0 Å². The van der Waals surface area contributed by atoms with Gasteiger partial charge in [-0.1, -0.05) is 0 Å². The molecule has 0 radical (unpaired) electrons. The van der Waals surface area contributed by atoms with E-state index in [0.717, 1.165) is 19.4 Å². The third-order valence-corrected chi connectivity index (χ3v) is 2.73. The molecule has 0 aromatic rings. The van der Waals surface area contributed by atoms with Crippen molar-refractivity contribution in [2.75, 3.05) is 19.6 Å². The van der Waals surface area contributed by atoms with Crippen LogP contribution in [0.1, 0.15) is 26.7 Å². The highest BCUT2D eigenvalue weighted by Gasteiger charge is 2.33. The van der Waals surface area contributed by atoms with Gasteiger partial charge in [0.25, 0.3) is 0 Å². The highest BCUT2D eigenvalue weighted by Crippen LogP contribution is 2.19. The molecule has 0 saturated carbocycles. The highest BCUT2D eigenvalue weighted by atomic mass is 19.4. The fraction of sp³-hybridized carbons (Fsp3) is 1.00. The lowest BCUT2D eigenvalue weighted by atomic mass is 10.2. The third-order valence-electron chi connectivity index (χ3n) is 2.73. The van der Waals surface area contributed by atoms with Gasteiger partial charge in [-0.25, -0.2) is 0 Å². The summed E-state index contributed by atoms with van der Waals surface area (Å²) in [6.45, 7) is 4.24. The number of alkyl halides is 3. The molecular formula is C10H19F3N2. The first-order valence-electron chi connectivity index (χ1n) is 5.42. The van der Waals surface area contributed by atoms with Crippen LogP contribution >= 0.6 is 0 Å². The van der Waals surface area contributed by atoms with Crippen molar-refractivity contribution in [1.82, 2.24) is 10.2 Å². The number of rotatable bonds is 4. The van der Waals surface area contributed by atoms with Crippen LogP contribution in [-0.2, 0) is 0 Å². The molecule has 2 nitrogen and oxygen atoms in total. The summed E-state index contributed by atoms with van der Waals surface area (Å²) >= 11 is 0. The maximum Gasteiger partial charge on any atom is 0.401 e. The van der Waals surface area contributed by atoms with Crippen molar-refractivity contribution < 1.29 is 13.2 Å². The Morgan fingerprint density at radius 2 is 2.07 bits per heavy atom. The predicted octanol–water partition coefficient (Wildman–Crippen LogP) is 2.01. The van der Waals surface area contributed by atoms with Crippen LogP contribution < -0.4 is 5.32 Å². The van der Waals surface area contributed by atoms with E-state index in [1.807, 2.05) is 0 Å². The molecule has 0 aliphatic carbocycles. The SMILES string of the molecule is CC(C)N(C[C@H]1CCCN1)CC(F)(F)F. The van der Waals surface area contributed by atoms with Gasteiger partial charge in [-0.05, 0) is 33.2 Å². The van der Waals surface area contributed by atoms with Gasteiger partial charge >= 0.3 is 6.18 Å². The molecule has 1 atom stereocenters. The minimum Gasteiger partial charge on any atom is -0.313 e. The van der Waals surface area contributed by atoms with E-state index in [9.17, 15) is 13.2 Å². The minimum absolute atomic E-state index is 0.0611. The number of nitrogens with zero attached hydrogens (tertiary/aromatic N) is 1. The Balaban J connectivity index is 2.42. The van der Waals surface area contributed by atoms with Crippen LogP contribution in [0.3, 0.4) is 0 Å². The molecule has 1 rings (SSSR count). The van der Waals surface area contributed by atoms with E-state index in [-0.39, 0.29) is 12.1 Å². The zero-order valence-electron chi connectivity index (χ0n) is 9.27. The van der Waals surface area contributed by atoms with E-state index in [4.69, 9.17) is 0 Å². The van der Waals surface area contributed by atoms with Crippen molar-refractivity contribution >= 4 is 0 Å². The topological polar surface area (TPSA) is 15.3 Å². The van der Waals surface area contributed by atoms with Crippen LogP contribution in [0.15, 0.2) is 0 Å². The Kier molecular flexibility index (Phi) is 4.40. The summed E-state index contributed by atoms with van der Waals surface area (Å²) in [6.07, 6.45) is -2.04. The average Bonchev–Trinajstić information content (AvgIpc) is 2.52. The minimum atomic E-state index is -4.09. The summed E-state index contributed by atoms with van der Waals surface area (Å²) in [5, 5.41) is 3.22. The summed E-state index contributed by atoms with van der Waals surface area (Å²) in [4.78, 5) is 1.49. The van der Waals surface area contributed by atoms with E-state index in [2.05, 4.69) is 5.32 Å².